The first-order chi connectivity index (χ1) is 18.0. The molecule has 0 amide bonds. The summed E-state index contributed by atoms with van der Waals surface area (Å²) in [7, 11) is -3.82. The van der Waals surface area contributed by atoms with Gasteiger partial charge in [0.15, 0.2) is 8.32 Å². The fourth-order valence-corrected chi connectivity index (χ4v) is 13.5. The van der Waals surface area contributed by atoms with Gasteiger partial charge < -0.3 is 13.6 Å². The van der Waals surface area contributed by atoms with Crippen LogP contribution in [-0.4, -0.2) is 41.4 Å². The molecule has 1 aliphatic rings. The topological polar surface area (TPSA) is 44.8 Å². The summed E-state index contributed by atoms with van der Waals surface area (Å²) in [4.78, 5) is 12.3. The molecule has 39 heavy (non-hydrogen) atoms. The lowest BCUT2D eigenvalue weighted by Gasteiger charge is -2.45. The molecular formula is C33H64O4Si2. The van der Waals surface area contributed by atoms with Crippen molar-refractivity contribution in [2.45, 2.75) is 162 Å². The Hall–Kier alpha value is -0.696. The summed E-state index contributed by atoms with van der Waals surface area (Å²) in [6.07, 6.45) is 15.6. The SMILES string of the molecule is CCOC(=O)/C=C/[C@@H](O[Si](C(C)C)(C(C)C)C(C)C)[C@@H]1CCC[C@H]1/C=C/CCC[C@H](C)O[Si](C)(C)C(C)(C)C. The van der Waals surface area contributed by atoms with Crippen molar-refractivity contribution in [1.82, 2.24) is 0 Å². The zero-order chi connectivity index (χ0) is 30.0. The summed E-state index contributed by atoms with van der Waals surface area (Å²) in [6, 6.07) is 0. The molecule has 0 bridgehead atoms. The molecule has 0 aromatic carbocycles. The van der Waals surface area contributed by atoms with Gasteiger partial charge in [0, 0.05) is 12.2 Å². The zero-order valence-electron chi connectivity index (χ0n) is 27.9. The number of carbonyl (C=O) groups is 1. The second-order valence-corrected chi connectivity index (χ2v) is 24.5. The van der Waals surface area contributed by atoms with E-state index in [1.807, 2.05) is 13.0 Å². The molecule has 0 radical (unpaired) electrons. The van der Waals surface area contributed by atoms with E-state index in [0.29, 0.717) is 41.2 Å². The van der Waals surface area contributed by atoms with E-state index in [9.17, 15) is 4.79 Å². The van der Waals surface area contributed by atoms with E-state index in [2.05, 4.69) is 94.5 Å². The maximum absolute atomic E-state index is 12.3. The molecule has 4 nitrogen and oxygen atoms in total. The van der Waals surface area contributed by atoms with Gasteiger partial charge in [0.2, 0.25) is 8.32 Å². The van der Waals surface area contributed by atoms with Gasteiger partial charge in [0.05, 0.1) is 12.7 Å². The lowest BCUT2D eigenvalue weighted by atomic mass is 9.89. The number of hydrogen-bond acceptors (Lipinski definition) is 4. The van der Waals surface area contributed by atoms with Crippen molar-refractivity contribution >= 4 is 22.6 Å². The van der Waals surface area contributed by atoms with Gasteiger partial charge in [0.25, 0.3) is 0 Å². The minimum absolute atomic E-state index is 0.0524. The van der Waals surface area contributed by atoms with Crippen molar-refractivity contribution in [2.24, 2.45) is 11.8 Å². The quantitative estimate of drug-likeness (QED) is 0.0599. The second-order valence-electron chi connectivity index (χ2n) is 14.3. The van der Waals surface area contributed by atoms with Crippen LogP contribution in [0.15, 0.2) is 24.3 Å². The van der Waals surface area contributed by atoms with Crippen molar-refractivity contribution in [3.63, 3.8) is 0 Å². The molecule has 6 heteroatoms. The number of hydrogen-bond donors (Lipinski definition) is 0. The average Bonchev–Trinajstić information content (AvgIpc) is 3.25. The number of allylic oxidation sites excluding steroid dienone is 2. The minimum Gasteiger partial charge on any atom is -0.463 e. The maximum Gasteiger partial charge on any atom is 0.330 e. The van der Waals surface area contributed by atoms with Gasteiger partial charge in [-0.05, 0) is 98.6 Å². The van der Waals surface area contributed by atoms with Crippen molar-refractivity contribution in [2.75, 3.05) is 6.61 Å². The second kappa shape index (κ2) is 16.1. The Labute approximate surface area is 245 Å². The van der Waals surface area contributed by atoms with Crippen molar-refractivity contribution < 1.29 is 18.4 Å². The Morgan fingerprint density at radius 3 is 2.05 bits per heavy atom. The number of esters is 1. The summed E-state index contributed by atoms with van der Waals surface area (Å²) < 4.78 is 19.1. The van der Waals surface area contributed by atoms with Crippen LogP contribution in [-0.2, 0) is 18.4 Å². The van der Waals surface area contributed by atoms with Crippen LogP contribution < -0.4 is 0 Å². The largest absolute Gasteiger partial charge is 0.463 e. The van der Waals surface area contributed by atoms with E-state index < -0.39 is 16.6 Å². The fraction of sp³-hybridized carbons (Fsp3) is 0.848. The lowest BCUT2D eigenvalue weighted by Crippen LogP contribution is -2.51. The highest BCUT2D eigenvalue weighted by Gasteiger charge is 2.48. The molecule has 228 valence electrons. The maximum atomic E-state index is 12.3. The number of carbonyl (C=O) groups excluding carboxylic acids is 1. The first kappa shape index (κ1) is 36.3. The summed E-state index contributed by atoms with van der Waals surface area (Å²) in [5, 5.41) is 0.250. The molecule has 1 rings (SSSR count). The van der Waals surface area contributed by atoms with Crippen LogP contribution in [0.2, 0.25) is 34.8 Å². The van der Waals surface area contributed by atoms with E-state index in [4.69, 9.17) is 13.6 Å². The first-order valence-corrected chi connectivity index (χ1v) is 20.9. The molecule has 1 saturated carbocycles. The Morgan fingerprint density at radius 2 is 1.54 bits per heavy atom. The molecule has 0 unspecified atom stereocenters. The van der Waals surface area contributed by atoms with Crippen molar-refractivity contribution in [3.8, 4) is 0 Å². The normalized spacial score (nSPS) is 21.1. The third-order valence-corrected chi connectivity index (χ3v) is 20.2. The number of unbranched alkanes of at least 4 members (excludes halogenated alkanes) is 1. The lowest BCUT2D eigenvalue weighted by molar-refractivity contribution is -0.137. The molecule has 0 N–H and O–H groups in total. The standard InChI is InChI=1S/C33H64O4Si2/c1-14-35-32(34)24-23-31(37-39(25(2)3,26(4)5)27(6)7)30-22-18-21-29(30)20-17-15-16-19-28(8)36-38(12,13)33(9,10)11/h17,20,23-31H,14-16,18-19,21-22H2,1-13H3/b20-17+,24-23+/t28-,29+,30+,31+/m0/s1. The Morgan fingerprint density at radius 1 is 0.949 bits per heavy atom. The smallest absolute Gasteiger partial charge is 0.330 e. The van der Waals surface area contributed by atoms with Crippen LogP contribution in [0, 0.1) is 11.8 Å². The molecule has 0 aliphatic heterocycles. The van der Waals surface area contributed by atoms with E-state index in [-0.39, 0.29) is 17.1 Å². The van der Waals surface area contributed by atoms with Crippen molar-refractivity contribution in [3.05, 3.63) is 24.3 Å². The Kier molecular flexibility index (Phi) is 15.0. The fourth-order valence-electron chi connectivity index (χ4n) is 6.47. The molecule has 0 aromatic rings. The van der Waals surface area contributed by atoms with Crippen LogP contribution in [0.25, 0.3) is 0 Å². The van der Waals surface area contributed by atoms with E-state index >= 15 is 0 Å². The number of ether oxygens (including phenoxy) is 1. The Bertz CT molecular complexity index is 757. The predicted molar refractivity (Wildman–Crippen MR) is 173 cm³/mol. The van der Waals surface area contributed by atoms with Crippen molar-refractivity contribution in [1.29, 1.82) is 0 Å². The molecule has 1 fully saturated rings. The van der Waals surface area contributed by atoms with Crippen LogP contribution in [0.3, 0.4) is 0 Å². The minimum atomic E-state index is -2.11. The van der Waals surface area contributed by atoms with Gasteiger partial charge in [-0.1, -0.05) is 80.9 Å². The first-order valence-electron chi connectivity index (χ1n) is 15.9. The summed E-state index contributed by atoms with van der Waals surface area (Å²) in [5.41, 5.74) is 1.51. The monoisotopic (exact) mass is 580 g/mol. The highest BCUT2D eigenvalue weighted by molar-refractivity contribution is 6.77. The Balaban J connectivity index is 2.98. The third kappa shape index (κ3) is 10.6. The van der Waals surface area contributed by atoms with Gasteiger partial charge in [-0.15, -0.1) is 0 Å². The molecule has 4 atom stereocenters. The highest BCUT2D eigenvalue weighted by Crippen LogP contribution is 2.46. The van der Waals surface area contributed by atoms with Gasteiger partial charge in [-0.3, -0.25) is 0 Å². The van der Waals surface area contributed by atoms with Crippen LogP contribution >= 0.6 is 0 Å². The number of rotatable bonds is 16. The average molecular weight is 581 g/mol. The van der Waals surface area contributed by atoms with Gasteiger partial charge in [-0.2, -0.15) is 0 Å². The molecule has 0 spiro atoms. The van der Waals surface area contributed by atoms with Gasteiger partial charge >= 0.3 is 5.97 Å². The van der Waals surface area contributed by atoms with E-state index in [1.54, 1.807) is 6.08 Å². The summed E-state index contributed by atoms with van der Waals surface area (Å²) >= 11 is 0. The zero-order valence-corrected chi connectivity index (χ0v) is 29.9. The van der Waals surface area contributed by atoms with Crippen LogP contribution in [0.1, 0.15) is 115 Å². The molecular weight excluding hydrogens is 517 g/mol. The molecule has 0 heterocycles. The third-order valence-electron chi connectivity index (χ3n) is 9.47. The molecule has 0 saturated heterocycles. The molecule has 0 aromatic heterocycles. The van der Waals surface area contributed by atoms with E-state index in [1.165, 1.54) is 12.8 Å². The van der Waals surface area contributed by atoms with Gasteiger partial charge in [-0.25, -0.2) is 4.79 Å². The summed E-state index contributed by atoms with van der Waals surface area (Å²) in [6.45, 7) is 30.1. The van der Waals surface area contributed by atoms with Crippen LogP contribution in [0.5, 0.6) is 0 Å². The summed E-state index contributed by atoms with van der Waals surface area (Å²) in [5.74, 6) is 0.618. The molecule has 1 aliphatic carbocycles. The van der Waals surface area contributed by atoms with Gasteiger partial charge in [0.1, 0.15) is 0 Å². The van der Waals surface area contributed by atoms with Crippen LogP contribution in [0.4, 0.5) is 0 Å². The van der Waals surface area contributed by atoms with E-state index in [0.717, 1.165) is 25.7 Å². The highest BCUT2D eigenvalue weighted by atomic mass is 28.4. The predicted octanol–water partition coefficient (Wildman–Crippen LogP) is 10.2.